The number of hydrogen-bond donors (Lipinski definition) is 0. The van der Waals surface area contributed by atoms with Crippen molar-refractivity contribution in [2.75, 3.05) is 19.8 Å². The van der Waals surface area contributed by atoms with E-state index in [1.165, 1.54) is 28.6 Å². The molecule has 0 atom stereocenters. The van der Waals surface area contributed by atoms with Gasteiger partial charge in [0.25, 0.3) is 5.69 Å². The highest BCUT2D eigenvalue weighted by Gasteiger charge is 2.31. The SMILES string of the molecule is CCCN(Cc1ccc(OCC)c(OCC)c1)S(=O)(=O)c1ccccc1[N+](=O)[O-]. The quantitative estimate of drug-likeness (QED) is 0.401. The van der Waals surface area contributed by atoms with E-state index in [1.807, 2.05) is 20.8 Å². The number of sulfonamides is 1. The number of ether oxygens (including phenoxy) is 2. The largest absolute Gasteiger partial charge is 0.490 e. The molecule has 0 fully saturated rings. The fourth-order valence-corrected chi connectivity index (χ4v) is 4.57. The molecule has 2 aromatic rings. The van der Waals surface area contributed by atoms with Crippen molar-refractivity contribution >= 4 is 15.7 Å². The van der Waals surface area contributed by atoms with Gasteiger partial charge in [0.15, 0.2) is 16.4 Å². The highest BCUT2D eigenvalue weighted by atomic mass is 32.2. The van der Waals surface area contributed by atoms with Gasteiger partial charge in [-0.25, -0.2) is 8.42 Å². The first-order valence-corrected chi connectivity index (χ1v) is 10.9. The Kier molecular flexibility index (Phi) is 7.98. The maximum atomic E-state index is 13.2. The number of nitro benzene ring substituents is 1. The van der Waals surface area contributed by atoms with E-state index >= 15 is 0 Å². The van der Waals surface area contributed by atoms with E-state index in [1.54, 1.807) is 18.2 Å². The summed E-state index contributed by atoms with van der Waals surface area (Å²) in [5.41, 5.74) is 0.266. The second-order valence-corrected chi connectivity index (χ2v) is 8.12. The van der Waals surface area contributed by atoms with Crippen molar-refractivity contribution in [3.8, 4) is 11.5 Å². The molecule has 8 nitrogen and oxygen atoms in total. The third-order valence-corrected chi connectivity index (χ3v) is 6.01. The lowest BCUT2D eigenvalue weighted by Crippen LogP contribution is -2.31. The van der Waals surface area contributed by atoms with Gasteiger partial charge < -0.3 is 9.47 Å². The Labute approximate surface area is 171 Å². The average molecular weight is 423 g/mol. The molecule has 0 aliphatic heterocycles. The summed E-state index contributed by atoms with van der Waals surface area (Å²) < 4.78 is 38.8. The van der Waals surface area contributed by atoms with Crippen LogP contribution in [0.2, 0.25) is 0 Å². The monoisotopic (exact) mass is 422 g/mol. The van der Waals surface area contributed by atoms with Crippen molar-refractivity contribution in [2.24, 2.45) is 0 Å². The third kappa shape index (κ3) is 5.45. The van der Waals surface area contributed by atoms with Crippen LogP contribution < -0.4 is 9.47 Å². The van der Waals surface area contributed by atoms with Crippen LogP contribution in [0.25, 0.3) is 0 Å². The van der Waals surface area contributed by atoms with E-state index in [0.717, 1.165) is 0 Å². The summed E-state index contributed by atoms with van der Waals surface area (Å²) in [6, 6.07) is 10.6. The van der Waals surface area contributed by atoms with Gasteiger partial charge in [0, 0.05) is 19.2 Å². The van der Waals surface area contributed by atoms with E-state index in [-0.39, 0.29) is 18.0 Å². The minimum Gasteiger partial charge on any atom is -0.490 e. The molecule has 0 N–H and O–H groups in total. The molecule has 0 saturated heterocycles. The Morgan fingerprint density at radius 2 is 1.66 bits per heavy atom. The fraction of sp³-hybridized carbons (Fsp3) is 0.400. The van der Waals surface area contributed by atoms with Gasteiger partial charge in [-0.1, -0.05) is 25.1 Å². The van der Waals surface area contributed by atoms with Gasteiger partial charge in [-0.2, -0.15) is 4.31 Å². The maximum Gasteiger partial charge on any atom is 0.289 e. The van der Waals surface area contributed by atoms with E-state index in [2.05, 4.69) is 0 Å². The standard InChI is InChI=1S/C20H26N2O6S/c1-4-13-21(29(25,26)20-10-8-7-9-17(20)22(23)24)15-16-11-12-18(27-5-2)19(14-16)28-6-3/h7-12,14H,4-6,13,15H2,1-3H3. The predicted molar refractivity (Wildman–Crippen MR) is 110 cm³/mol. The third-order valence-electron chi connectivity index (χ3n) is 4.12. The zero-order valence-corrected chi connectivity index (χ0v) is 17.6. The molecule has 2 aromatic carbocycles. The van der Waals surface area contributed by atoms with Gasteiger partial charge in [0.05, 0.1) is 18.1 Å². The van der Waals surface area contributed by atoms with Crippen LogP contribution in [0.4, 0.5) is 5.69 Å². The number of nitro groups is 1. The van der Waals surface area contributed by atoms with Crippen LogP contribution in [0.1, 0.15) is 32.8 Å². The molecule has 0 radical (unpaired) electrons. The molecular weight excluding hydrogens is 396 g/mol. The van der Waals surface area contributed by atoms with Crippen LogP contribution in [0, 0.1) is 10.1 Å². The van der Waals surface area contributed by atoms with E-state index in [0.29, 0.717) is 36.7 Å². The number of benzene rings is 2. The first-order valence-electron chi connectivity index (χ1n) is 9.47. The molecule has 0 aliphatic rings. The highest BCUT2D eigenvalue weighted by Crippen LogP contribution is 2.31. The van der Waals surface area contributed by atoms with Crippen LogP contribution in [0.3, 0.4) is 0 Å². The minimum absolute atomic E-state index is 0.0642. The maximum absolute atomic E-state index is 13.2. The number of rotatable bonds is 11. The zero-order chi connectivity index (χ0) is 21.4. The molecule has 0 unspecified atom stereocenters. The van der Waals surface area contributed by atoms with Gasteiger partial charge in [-0.05, 0) is 44.0 Å². The number of hydrogen-bond acceptors (Lipinski definition) is 6. The van der Waals surface area contributed by atoms with Gasteiger partial charge in [0.1, 0.15) is 0 Å². The lowest BCUT2D eigenvalue weighted by molar-refractivity contribution is -0.387. The summed E-state index contributed by atoms with van der Waals surface area (Å²) in [5.74, 6) is 1.12. The van der Waals surface area contributed by atoms with Crippen molar-refractivity contribution in [1.29, 1.82) is 0 Å². The minimum atomic E-state index is -4.06. The average Bonchev–Trinajstić information content (AvgIpc) is 2.70. The van der Waals surface area contributed by atoms with Crippen molar-refractivity contribution in [3.05, 3.63) is 58.1 Å². The lowest BCUT2D eigenvalue weighted by atomic mass is 10.2. The van der Waals surface area contributed by atoms with Crippen molar-refractivity contribution in [1.82, 2.24) is 4.31 Å². The topological polar surface area (TPSA) is 99.0 Å². The summed E-state index contributed by atoms with van der Waals surface area (Å²) in [6.45, 7) is 6.78. The summed E-state index contributed by atoms with van der Waals surface area (Å²) >= 11 is 0. The lowest BCUT2D eigenvalue weighted by Gasteiger charge is -2.22. The molecule has 0 aliphatic carbocycles. The first-order chi connectivity index (χ1) is 13.8. The predicted octanol–water partition coefficient (Wildman–Crippen LogP) is 3.99. The van der Waals surface area contributed by atoms with Crippen molar-refractivity contribution in [3.63, 3.8) is 0 Å². The first kappa shape index (κ1) is 22.6. The second-order valence-electron chi connectivity index (χ2n) is 6.21. The molecule has 9 heteroatoms. The molecule has 0 amide bonds. The van der Waals surface area contributed by atoms with Crippen molar-refractivity contribution < 1.29 is 22.8 Å². The summed E-state index contributed by atoms with van der Waals surface area (Å²) in [6.07, 6.45) is 0.565. The van der Waals surface area contributed by atoms with Crippen molar-refractivity contribution in [2.45, 2.75) is 38.6 Å². The Balaban J connectivity index is 2.42. The summed E-state index contributed by atoms with van der Waals surface area (Å²) in [4.78, 5) is 10.3. The summed E-state index contributed by atoms with van der Waals surface area (Å²) in [7, 11) is -4.06. The normalized spacial score (nSPS) is 11.4. The van der Waals surface area contributed by atoms with Crippen LogP contribution in [-0.4, -0.2) is 37.4 Å². The Hall–Kier alpha value is -2.65. The van der Waals surface area contributed by atoms with Gasteiger partial charge in [-0.15, -0.1) is 0 Å². The Morgan fingerprint density at radius 3 is 2.28 bits per heavy atom. The number of nitrogens with zero attached hydrogens (tertiary/aromatic N) is 2. The molecule has 2 rings (SSSR count). The van der Waals surface area contributed by atoms with Crippen LogP contribution in [-0.2, 0) is 16.6 Å². The van der Waals surface area contributed by atoms with E-state index in [4.69, 9.17) is 9.47 Å². The fourth-order valence-electron chi connectivity index (χ4n) is 2.90. The van der Waals surface area contributed by atoms with Gasteiger partial charge >= 0.3 is 0 Å². The Morgan fingerprint density at radius 1 is 1.00 bits per heavy atom. The molecule has 0 bridgehead atoms. The molecular formula is C20H26N2O6S. The Bertz CT molecular complexity index is 946. The summed E-state index contributed by atoms with van der Waals surface area (Å²) in [5, 5.41) is 11.3. The van der Waals surface area contributed by atoms with Crippen LogP contribution in [0.15, 0.2) is 47.4 Å². The smallest absolute Gasteiger partial charge is 0.289 e. The second kappa shape index (κ2) is 10.2. The van der Waals surface area contributed by atoms with Gasteiger partial charge in [0.2, 0.25) is 10.0 Å². The molecule has 0 aromatic heterocycles. The molecule has 29 heavy (non-hydrogen) atoms. The van der Waals surface area contributed by atoms with E-state index < -0.39 is 20.6 Å². The molecule has 0 spiro atoms. The zero-order valence-electron chi connectivity index (χ0n) is 16.8. The highest BCUT2D eigenvalue weighted by molar-refractivity contribution is 7.89. The van der Waals surface area contributed by atoms with Gasteiger partial charge in [-0.3, -0.25) is 10.1 Å². The van der Waals surface area contributed by atoms with E-state index in [9.17, 15) is 18.5 Å². The van der Waals surface area contributed by atoms with Crippen LogP contribution >= 0.6 is 0 Å². The molecule has 158 valence electrons. The molecule has 0 saturated carbocycles. The van der Waals surface area contributed by atoms with Crippen LogP contribution in [0.5, 0.6) is 11.5 Å². The molecule has 0 heterocycles. The number of para-hydroxylation sites is 1.